The lowest BCUT2D eigenvalue weighted by molar-refractivity contribution is 0.249. The van der Waals surface area contributed by atoms with Crippen molar-refractivity contribution in [3.63, 3.8) is 0 Å². The number of ether oxygens (including phenoxy) is 2. The third kappa shape index (κ3) is 3.72. The van der Waals surface area contributed by atoms with Crippen molar-refractivity contribution in [2.45, 2.75) is 13.1 Å². The van der Waals surface area contributed by atoms with Gasteiger partial charge in [0.1, 0.15) is 11.5 Å². The summed E-state index contributed by atoms with van der Waals surface area (Å²) in [4.78, 5) is 23.4. The average molecular weight is 472 g/mol. The van der Waals surface area contributed by atoms with Gasteiger partial charge < -0.3 is 20.6 Å². The summed E-state index contributed by atoms with van der Waals surface area (Å²) < 4.78 is 54.2. The predicted molar refractivity (Wildman–Crippen MR) is 118 cm³/mol. The van der Waals surface area contributed by atoms with Crippen LogP contribution in [0.4, 0.5) is 35.2 Å². The number of benzene rings is 1. The fraction of sp³-hybridized carbons (Fsp3) is 0.182. The Hall–Kier alpha value is -4.35. The third-order valence-corrected chi connectivity index (χ3v) is 5.31. The fourth-order valence-corrected chi connectivity index (χ4v) is 3.76. The van der Waals surface area contributed by atoms with E-state index in [0.717, 1.165) is 28.1 Å². The molecule has 12 heteroatoms. The van der Waals surface area contributed by atoms with Crippen LogP contribution >= 0.6 is 0 Å². The highest BCUT2D eigenvalue weighted by molar-refractivity contribution is 6.10. The number of nitrogen functional groups attached to an aromatic ring is 1. The summed E-state index contributed by atoms with van der Waals surface area (Å²) in [6.07, 6.45) is 2.27. The molecule has 3 aromatic rings. The first-order valence-corrected chi connectivity index (χ1v) is 9.88. The molecule has 34 heavy (non-hydrogen) atoms. The monoisotopic (exact) mass is 472 g/mol. The van der Waals surface area contributed by atoms with Crippen LogP contribution in [0.2, 0.25) is 0 Å². The van der Waals surface area contributed by atoms with Crippen LogP contribution in [0, 0.1) is 23.0 Å². The Balaban J connectivity index is 1.92. The predicted octanol–water partition coefficient (Wildman–Crippen LogP) is 3.64. The Morgan fingerprint density at radius 1 is 1.15 bits per heavy atom. The van der Waals surface area contributed by atoms with Gasteiger partial charge in [0.15, 0.2) is 23.1 Å². The van der Waals surface area contributed by atoms with Crippen molar-refractivity contribution in [1.82, 2.24) is 9.97 Å². The van der Waals surface area contributed by atoms with Gasteiger partial charge in [-0.25, -0.2) is 23.5 Å². The number of pyridine rings is 2. The third-order valence-electron chi connectivity index (χ3n) is 5.31. The van der Waals surface area contributed by atoms with Crippen molar-refractivity contribution in [2.24, 2.45) is 0 Å². The van der Waals surface area contributed by atoms with Crippen molar-refractivity contribution < 1.29 is 27.4 Å². The highest BCUT2D eigenvalue weighted by atomic mass is 19.1. The van der Waals surface area contributed by atoms with Crippen LogP contribution in [0.15, 0.2) is 30.5 Å². The molecule has 0 aliphatic carbocycles. The molecule has 3 N–H and O–H groups in total. The van der Waals surface area contributed by atoms with Crippen molar-refractivity contribution in [1.29, 1.82) is 5.41 Å². The molecule has 0 bridgehead atoms. The number of halogens is 3. The summed E-state index contributed by atoms with van der Waals surface area (Å²) in [5.41, 5.74) is 6.07. The highest BCUT2D eigenvalue weighted by Crippen LogP contribution is 2.42. The highest BCUT2D eigenvalue weighted by Gasteiger charge is 2.38. The number of carbonyl (C=O) groups is 1. The molecule has 0 saturated carbocycles. The van der Waals surface area contributed by atoms with Gasteiger partial charge in [0, 0.05) is 24.0 Å². The molecular formula is C22H19F3N6O3. The molecule has 9 nitrogen and oxygen atoms in total. The smallest absolute Gasteiger partial charge is 0.329 e. The van der Waals surface area contributed by atoms with Crippen molar-refractivity contribution >= 4 is 29.4 Å². The number of methoxy groups -OCH3 is 2. The number of aromatic nitrogens is 2. The van der Waals surface area contributed by atoms with Crippen LogP contribution in [-0.2, 0) is 13.1 Å². The van der Waals surface area contributed by atoms with Crippen LogP contribution in [0.5, 0.6) is 11.5 Å². The normalized spacial score (nSPS) is 13.0. The van der Waals surface area contributed by atoms with Gasteiger partial charge >= 0.3 is 6.03 Å². The molecule has 3 heterocycles. The Kier molecular flexibility index (Phi) is 5.97. The number of hydrogen-bond donors (Lipinski definition) is 2. The zero-order valence-corrected chi connectivity index (χ0v) is 18.1. The number of fused-ring (bicyclic) bond motifs is 1. The van der Waals surface area contributed by atoms with Gasteiger partial charge in [0.25, 0.3) is 0 Å². The van der Waals surface area contributed by atoms with Gasteiger partial charge in [-0.05, 0) is 12.1 Å². The molecule has 1 aliphatic rings. The maximum atomic E-state index is 15.2. The first kappa shape index (κ1) is 22.8. The van der Waals surface area contributed by atoms with E-state index in [1.165, 1.54) is 32.5 Å². The minimum absolute atomic E-state index is 0.0207. The molecule has 4 rings (SSSR count). The Morgan fingerprint density at radius 2 is 1.82 bits per heavy atom. The van der Waals surface area contributed by atoms with E-state index in [2.05, 4.69) is 9.97 Å². The standard InChI is InChI=1S/C22H19F3N6O3/c1-33-14-6-15(34-2)18(25)20(17(14)24)30-9-11-8-28-21(27)13(7-26)19(11)31(22(30)32)10-12-4-3-5-16(23)29-12/h3-8,26H,9-10H2,1-2H3,(H2,27,28). The molecule has 0 spiro atoms. The molecule has 0 atom stereocenters. The lowest BCUT2D eigenvalue weighted by atomic mass is 10.0. The minimum Gasteiger partial charge on any atom is -0.493 e. The van der Waals surface area contributed by atoms with Gasteiger partial charge in [0.2, 0.25) is 5.95 Å². The van der Waals surface area contributed by atoms with E-state index in [-0.39, 0.29) is 47.4 Å². The van der Waals surface area contributed by atoms with Crippen molar-refractivity contribution in [3.8, 4) is 11.5 Å². The summed E-state index contributed by atoms with van der Waals surface area (Å²) in [5, 5.41) is 7.76. The Bertz CT molecular complexity index is 1280. The van der Waals surface area contributed by atoms with Gasteiger partial charge in [-0.15, -0.1) is 0 Å². The lowest BCUT2D eigenvalue weighted by Crippen LogP contribution is -2.48. The van der Waals surface area contributed by atoms with Gasteiger partial charge in [0.05, 0.1) is 44.3 Å². The van der Waals surface area contributed by atoms with E-state index in [0.29, 0.717) is 5.56 Å². The fourth-order valence-electron chi connectivity index (χ4n) is 3.76. The molecule has 0 unspecified atom stereocenters. The summed E-state index contributed by atoms with van der Waals surface area (Å²) in [6.45, 7) is -0.561. The second-order valence-corrected chi connectivity index (χ2v) is 7.24. The molecule has 0 saturated heterocycles. The Labute approximate surface area is 192 Å². The zero-order valence-electron chi connectivity index (χ0n) is 18.1. The van der Waals surface area contributed by atoms with Gasteiger partial charge in [-0.1, -0.05) is 6.07 Å². The molecule has 1 aromatic carbocycles. The van der Waals surface area contributed by atoms with Crippen LogP contribution in [0.25, 0.3) is 0 Å². The van der Waals surface area contributed by atoms with Gasteiger partial charge in [-0.3, -0.25) is 9.80 Å². The number of nitrogens with two attached hydrogens (primary N) is 1. The van der Waals surface area contributed by atoms with Crippen molar-refractivity contribution in [3.05, 3.63) is 64.9 Å². The van der Waals surface area contributed by atoms with Crippen LogP contribution < -0.4 is 25.0 Å². The number of nitrogens with one attached hydrogen (secondary N) is 1. The molecule has 1 aliphatic heterocycles. The van der Waals surface area contributed by atoms with E-state index in [9.17, 15) is 9.18 Å². The molecule has 2 amide bonds. The maximum Gasteiger partial charge on any atom is 0.329 e. The zero-order chi connectivity index (χ0) is 24.6. The minimum atomic E-state index is -1.11. The second-order valence-electron chi connectivity index (χ2n) is 7.24. The maximum absolute atomic E-state index is 15.2. The van der Waals surface area contributed by atoms with Crippen molar-refractivity contribution in [2.75, 3.05) is 29.8 Å². The molecular weight excluding hydrogens is 453 g/mol. The summed E-state index contributed by atoms with van der Waals surface area (Å²) in [7, 11) is 2.38. The summed E-state index contributed by atoms with van der Waals surface area (Å²) >= 11 is 0. The summed E-state index contributed by atoms with van der Waals surface area (Å²) in [5.74, 6) is -3.68. The Morgan fingerprint density at radius 3 is 2.41 bits per heavy atom. The quantitative estimate of drug-likeness (QED) is 0.418. The number of anilines is 3. The number of hydrogen-bond acceptors (Lipinski definition) is 7. The van der Waals surface area contributed by atoms with E-state index < -0.39 is 29.3 Å². The summed E-state index contributed by atoms with van der Waals surface area (Å²) in [6, 6.07) is 4.20. The molecule has 0 radical (unpaired) electrons. The average Bonchev–Trinajstić information content (AvgIpc) is 2.82. The van der Waals surface area contributed by atoms with Crippen LogP contribution in [-0.4, -0.2) is 36.4 Å². The van der Waals surface area contributed by atoms with Gasteiger partial charge in [-0.2, -0.15) is 4.39 Å². The van der Waals surface area contributed by atoms with E-state index >= 15 is 8.78 Å². The van der Waals surface area contributed by atoms with E-state index in [1.54, 1.807) is 0 Å². The number of nitrogens with zero attached hydrogens (tertiary/aromatic N) is 4. The first-order valence-electron chi connectivity index (χ1n) is 9.88. The number of urea groups is 1. The lowest BCUT2D eigenvalue weighted by Gasteiger charge is -2.38. The van der Waals surface area contributed by atoms with E-state index in [1.807, 2.05) is 0 Å². The molecule has 2 aromatic heterocycles. The van der Waals surface area contributed by atoms with Crippen LogP contribution in [0.3, 0.4) is 0 Å². The topological polar surface area (TPSA) is 118 Å². The number of carbonyl (C=O) groups excluding carboxylic acids is 1. The first-order chi connectivity index (χ1) is 16.3. The molecule has 176 valence electrons. The SMILES string of the molecule is COc1cc(OC)c(F)c(N2Cc3cnc(N)c(C=N)c3N(Cc3cccc(F)n3)C2=O)c1F. The second kappa shape index (κ2) is 8.89. The number of rotatable bonds is 6. The van der Waals surface area contributed by atoms with Crippen LogP contribution in [0.1, 0.15) is 16.8 Å². The number of amides is 2. The molecule has 0 fully saturated rings. The largest absolute Gasteiger partial charge is 0.493 e. The van der Waals surface area contributed by atoms with E-state index in [4.69, 9.17) is 20.6 Å².